The van der Waals surface area contributed by atoms with Gasteiger partial charge in [-0.25, -0.2) is 8.42 Å². The number of likely N-dealkylation sites (tertiary alicyclic amines) is 1. The van der Waals surface area contributed by atoms with E-state index in [1.807, 2.05) is 0 Å². The Balaban J connectivity index is 1.99. The second-order valence-corrected chi connectivity index (χ2v) is 7.59. The summed E-state index contributed by atoms with van der Waals surface area (Å²) in [5.74, 6) is 0. The van der Waals surface area contributed by atoms with E-state index in [0.29, 0.717) is 11.4 Å². The molecular formula is C15H23NO3S. The largest absolute Gasteiger partial charge is 0.387 e. The normalized spacial score (nSPS) is 19.5. The topological polar surface area (TPSA) is 57.6 Å². The van der Waals surface area contributed by atoms with E-state index in [9.17, 15) is 13.5 Å². The van der Waals surface area contributed by atoms with Crippen molar-refractivity contribution in [2.24, 2.45) is 0 Å². The van der Waals surface area contributed by atoms with Crippen LogP contribution in [-0.4, -0.2) is 44.3 Å². The van der Waals surface area contributed by atoms with Gasteiger partial charge < -0.3 is 10.0 Å². The quantitative estimate of drug-likeness (QED) is 0.923. The van der Waals surface area contributed by atoms with E-state index in [0.717, 1.165) is 18.7 Å². The van der Waals surface area contributed by atoms with Crippen LogP contribution in [0.25, 0.3) is 0 Å². The van der Waals surface area contributed by atoms with Crippen molar-refractivity contribution in [2.75, 3.05) is 25.9 Å². The maximum absolute atomic E-state index is 11.4. The van der Waals surface area contributed by atoms with Crippen LogP contribution in [0.2, 0.25) is 0 Å². The van der Waals surface area contributed by atoms with Crippen LogP contribution in [0.15, 0.2) is 29.2 Å². The lowest BCUT2D eigenvalue weighted by Gasteiger charge is -2.23. The summed E-state index contributed by atoms with van der Waals surface area (Å²) in [6.45, 7) is 2.70. The molecule has 20 heavy (non-hydrogen) atoms. The highest BCUT2D eigenvalue weighted by atomic mass is 32.2. The number of benzene rings is 1. The Morgan fingerprint density at radius 3 is 2.15 bits per heavy atom. The molecular weight excluding hydrogens is 274 g/mol. The second kappa shape index (κ2) is 6.70. The molecule has 0 saturated carbocycles. The van der Waals surface area contributed by atoms with E-state index in [1.165, 1.54) is 31.9 Å². The van der Waals surface area contributed by atoms with E-state index >= 15 is 0 Å². The van der Waals surface area contributed by atoms with Gasteiger partial charge in [0, 0.05) is 12.8 Å². The first-order chi connectivity index (χ1) is 9.47. The van der Waals surface area contributed by atoms with Crippen molar-refractivity contribution in [3.63, 3.8) is 0 Å². The predicted molar refractivity (Wildman–Crippen MR) is 79.4 cm³/mol. The van der Waals surface area contributed by atoms with E-state index in [2.05, 4.69) is 4.90 Å². The van der Waals surface area contributed by atoms with Crippen molar-refractivity contribution < 1.29 is 13.5 Å². The van der Waals surface area contributed by atoms with Gasteiger partial charge in [0.15, 0.2) is 9.84 Å². The van der Waals surface area contributed by atoms with Crippen LogP contribution in [0.5, 0.6) is 0 Å². The summed E-state index contributed by atoms with van der Waals surface area (Å²) in [6, 6.07) is 6.55. The average molecular weight is 297 g/mol. The fourth-order valence-corrected chi connectivity index (χ4v) is 3.24. The molecule has 1 aromatic rings. The monoisotopic (exact) mass is 297 g/mol. The van der Waals surface area contributed by atoms with Gasteiger partial charge >= 0.3 is 0 Å². The molecule has 0 aliphatic carbocycles. The summed E-state index contributed by atoms with van der Waals surface area (Å²) in [6.07, 6.45) is 5.57. The molecule has 1 saturated heterocycles. The third kappa shape index (κ3) is 4.30. The van der Waals surface area contributed by atoms with Gasteiger partial charge in [0.1, 0.15) is 0 Å². The Bertz CT molecular complexity index is 517. The lowest BCUT2D eigenvalue weighted by molar-refractivity contribution is 0.115. The summed E-state index contributed by atoms with van der Waals surface area (Å²) in [4.78, 5) is 2.59. The molecule has 1 heterocycles. The molecule has 5 heteroatoms. The third-order valence-electron chi connectivity index (χ3n) is 3.82. The Morgan fingerprint density at radius 1 is 1.10 bits per heavy atom. The van der Waals surface area contributed by atoms with Crippen LogP contribution in [0.4, 0.5) is 0 Å². The van der Waals surface area contributed by atoms with Crippen LogP contribution in [0.1, 0.15) is 37.4 Å². The Kier molecular flexibility index (Phi) is 5.18. The minimum atomic E-state index is -3.17. The lowest BCUT2D eigenvalue weighted by Crippen LogP contribution is -2.29. The molecule has 1 aliphatic rings. The van der Waals surface area contributed by atoms with E-state index in [-0.39, 0.29) is 0 Å². The minimum Gasteiger partial charge on any atom is -0.387 e. The minimum absolute atomic E-state index is 0.295. The van der Waals surface area contributed by atoms with Gasteiger partial charge in [0.2, 0.25) is 0 Å². The summed E-state index contributed by atoms with van der Waals surface area (Å²) < 4.78 is 22.8. The van der Waals surface area contributed by atoms with Gasteiger partial charge in [-0.1, -0.05) is 25.0 Å². The molecule has 1 aromatic carbocycles. The van der Waals surface area contributed by atoms with Gasteiger partial charge in [0.05, 0.1) is 11.0 Å². The smallest absolute Gasteiger partial charge is 0.175 e. The molecule has 1 fully saturated rings. The van der Waals surface area contributed by atoms with Crippen LogP contribution in [-0.2, 0) is 9.84 Å². The van der Waals surface area contributed by atoms with Crippen molar-refractivity contribution in [3.05, 3.63) is 29.8 Å². The highest BCUT2D eigenvalue weighted by Gasteiger charge is 2.16. The predicted octanol–water partition coefficient (Wildman–Crippen LogP) is 2.00. The zero-order valence-electron chi connectivity index (χ0n) is 12.0. The Labute approximate surface area is 121 Å². The third-order valence-corrected chi connectivity index (χ3v) is 4.95. The maximum Gasteiger partial charge on any atom is 0.175 e. The van der Waals surface area contributed by atoms with Gasteiger partial charge in [-0.05, 0) is 43.6 Å². The number of sulfone groups is 1. The maximum atomic E-state index is 11.4. The highest BCUT2D eigenvalue weighted by molar-refractivity contribution is 7.90. The Hall–Kier alpha value is -0.910. The number of aliphatic hydroxyl groups excluding tert-OH is 1. The molecule has 0 unspecified atom stereocenters. The number of nitrogens with zero attached hydrogens (tertiary/aromatic N) is 1. The van der Waals surface area contributed by atoms with E-state index in [1.54, 1.807) is 24.3 Å². The van der Waals surface area contributed by atoms with Gasteiger partial charge in [-0.2, -0.15) is 0 Å². The molecule has 1 atom stereocenters. The Morgan fingerprint density at radius 2 is 1.65 bits per heavy atom. The summed E-state index contributed by atoms with van der Waals surface area (Å²) >= 11 is 0. The van der Waals surface area contributed by atoms with E-state index < -0.39 is 15.9 Å². The number of hydrogen-bond donors (Lipinski definition) is 1. The lowest BCUT2D eigenvalue weighted by atomic mass is 10.1. The number of rotatable bonds is 4. The summed E-state index contributed by atoms with van der Waals surface area (Å²) in [7, 11) is -3.17. The SMILES string of the molecule is CS(=O)(=O)c1ccc([C@@H](O)CN2CCCCCC2)cc1. The zero-order chi connectivity index (χ0) is 14.6. The first-order valence-electron chi connectivity index (χ1n) is 7.17. The fraction of sp³-hybridized carbons (Fsp3) is 0.600. The van der Waals surface area contributed by atoms with Gasteiger partial charge in [-0.3, -0.25) is 0 Å². The molecule has 0 aromatic heterocycles. The summed E-state index contributed by atoms with van der Waals surface area (Å²) in [5.41, 5.74) is 0.779. The average Bonchev–Trinajstić information content (AvgIpc) is 2.66. The van der Waals surface area contributed by atoms with Gasteiger partial charge in [0.25, 0.3) is 0 Å². The molecule has 1 aliphatic heterocycles. The molecule has 0 amide bonds. The van der Waals surface area contributed by atoms with Crippen molar-refractivity contribution in [3.8, 4) is 0 Å². The molecule has 0 radical (unpaired) electrons. The van der Waals surface area contributed by atoms with Crippen LogP contribution < -0.4 is 0 Å². The van der Waals surface area contributed by atoms with Gasteiger partial charge in [-0.15, -0.1) is 0 Å². The zero-order valence-corrected chi connectivity index (χ0v) is 12.8. The first kappa shape index (κ1) is 15.5. The fourth-order valence-electron chi connectivity index (χ4n) is 2.61. The number of β-amino-alcohol motifs (C(OH)–C–C–N with tert-alkyl or cyclic N) is 1. The molecule has 112 valence electrons. The number of hydrogen-bond acceptors (Lipinski definition) is 4. The molecule has 1 N–H and O–H groups in total. The van der Waals surface area contributed by atoms with Crippen molar-refractivity contribution in [1.82, 2.24) is 4.90 Å². The molecule has 0 bridgehead atoms. The van der Waals surface area contributed by atoms with Crippen LogP contribution >= 0.6 is 0 Å². The standard InChI is InChI=1S/C15H23NO3S/c1-20(18,19)14-8-6-13(7-9-14)15(17)12-16-10-4-2-3-5-11-16/h6-9,15,17H,2-5,10-12H2,1H3/t15-/m0/s1. The van der Waals surface area contributed by atoms with Crippen molar-refractivity contribution in [1.29, 1.82) is 0 Å². The molecule has 4 nitrogen and oxygen atoms in total. The van der Waals surface area contributed by atoms with Crippen molar-refractivity contribution in [2.45, 2.75) is 36.7 Å². The molecule has 2 rings (SSSR count). The van der Waals surface area contributed by atoms with Crippen molar-refractivity contribution >= 4 is 9.84 Å². The van der Waals surface area contributed by atoms with Crippen LogP contribution in [0, 0.1) is 0 Å². The summed E-state index contributed by atoms with van der Waals surface area (Å²) in [5, 5.41) is 10.3. The first-order valence-corrected chi connectivity index (χ1v) is 9.06. The molecule has 0 spiro atoms. The number of aliphatic hydroxyl groups is 1. The van der Waals surface area contributed by atoms with Crippen LogP contribution in [0.3, 0.4) is 0 Å². The second-order valence-electron chi connectivity index (χ2n) is 5.57. The van der Waals surface area contributed by atoms with E-state index in [4.69, 9.17) is 0 Å². The highest BCUT2D eigenvalue weighted by Crippen LogP contribution is 2.19.